The molecule has 1 heterocycles. The predicted molar refractivity (Wildman–Crippen MR) is 65.8 cm³/mol. The second-order valence-electron chi connectivity index (χ2n) is 4.22. The molecule has 0 aliphatic rings. The fourth-order valence-electron chi connectivity index (χ4n) is 2.04. The van der Waals surface area contributed by atoms with E-state index in [0.29, 0.717) is 5.56 Å². The number of carboxylic acids is 1. The number of aryl methyl sites for hydroxylation is 3. The van der Waals surface area contributed by atoms with Gasteiger partial charge in [0.15, 0.2) is 5.69 Å². The van der Waals surface area contributed by atoms with Gasteiger partial charge in [0.1, 0.15) is 5.56 Å². The molecule has 1 N–H and O–H groups in total. The van der Waals surface area contributed by atoms with Gasteiger partial charge in [-0.2, -0.15) is 0 Å². The lowest BCUT2D eigenvalue weighted by Crippen LogP contribution is -2.07. The molecule has 1 aromatic heterocycles. The van der Waals surface area contributed by atoms with E-state index in [1.165, 1.54) is 7.05 Å². The van der Waals surface area contributed by atoms with E-state index in [1.807, 2.05) is 26.0 Å². The van der Waals surface area contributed by atoms with E-state index in [0.717, 1.165) is 15.9 Å². The molecule has 94 valence electrons. The topological polar surface area (TPSA) is 72.4 Å². The molecular formula is C13H13NO4. The molecule has 0 spiro atoms. The first-order chi connectivity index (χ1) is 8.41. The monoisotopic (exact) mass is 247 g/mol. The van der Waals surface area contributed by atoms with Gasteiger partial charge in [0, 0.05) is 7.05 Å². The predicted octanol–water partition coefficient (Wildman–Crippen LogP) is 1.96. The normalized spacial score (nSPS) is 10.6. The van der Waals surface area contributed by atoms with Crippen molar-refractivity contribution in [2.45, 2.75) is 13.8 Å². The average Bonchev–Trinajstić information content (AvgIpc) is 2.53. The van der Waals surface area contributed by atoms with Crippen LogP contribution in [0.5, 0.6) is 0 Å². The maximum Gasteiger partial charge on any atom is 0.366 e. The molecule has 5 heteroatoms. The average molecular weight is 247 g/mol. The Morgan fingerprint density at radius 2 is 2.00 bits per heavy atom. The third-order valence-electron chi connectivity index (χ3n) is 2.83. The summed E-state index contributed by atoms with van der Waals surface area (Å²) in [7, 11) is 1.40. The van der Waals surface area contributed by atoms with Crippen LogP contribution < -0.4 is 5.63 Å². The number of carboxylic acid groups (broad SMARTS) is 1. The highest BCUT2D eigenvalue weighted by atomic mass is 16.5. The molecule has 2 rings (SSSR count). The molecule has 18 heavy (non-hydrogen) atoms. The van der Waals surface area contributed by atoms with Gasteiger partial charge in [0.25, 0.3) is 0 Å². The number of carbonyl (C=O) groups is 1. The van der Waals surface area contributed by atoms with Gasteiger partial charge in [0.2, 0.25) is 0 Å². The minimum absolute atomic E-state index is 0.0995. The first-order valence-electron chi connectivity index (χ1n) is 5.43. The first-order valence-corrected chi connectivity index (χ1v) is 5.43. The van der Waals surface area contributed by atoms with Crippen molar-refractivity contribution >= 4 is 5.97 Å². The lowest BCUT2D eigenvalue weighted by molar-refractivity contribution is 0.0673. The second-order valence-corrected chi connectivity index (χ2v) is 4.22. The Morgan fingerprint density at radius 1 is 1.33 bits per heavy atom. The van der Waals surface area contributed by atoms with Crippen LogP contribution >= 0.6 is 0 Å². The minimum Gasteiger partial charge on any atom is -0.476 e. The van der Waals surface area contributed by atoms with Gasteiger partial charge < -0.3 is 9.63 Å². The van der Waals surface area contributed by atoms with Gasteiger partial charge in [-0.05, 0) is 25.0 Å². The van der Waals surface area contributed by atoms with Crippen LogP contribution in [-0.2, 0) is 7.05 Å². The molecular weight excluding hydrogens is 234 g/mol. The standard InChI is InChI=1S/C13H13NO4/c1-7-4-5-9(8(2)6-7)10-11(12(15)16)14(3)18-13(10)17/h4-6H,1-3H3,(H,15,16). The summed E-state index contributed by atoms with van der Waals surface area (Å²) in [5.74, 6) is -1.18. The van der Waals surface area contributed by atoms with Gasteiger partial charge in [-0.1, -0.05) is 23.8 Å². The number of aromatic nitrogens is 1. The molecule has 5 nitrogen and oxygen atoms in total. The van der Waals surface area contributed by atoms with E-state index in [1.54, 1.807) is 6.07 Å². The lowest BCUT2D eigenvalue weighted by atomic mass is 9.99. The van der Waals surface area contributed by atoms with Crippen molar-refractivity contribution in [3.63, 3.8) is 0 Å². The zero-order chi connectivity index (χ0) is 13.4. The summed E-state index contributed by atoms with van der Waals surface area (Å²) in [6.45, 7) is 3.77. The van der Waals surface area contributed by atoms with Crippen molar-refractivity contribution in [1.29, 1.82) is 0 Å². The maximum atomic E-state index is 11.8. The zero-order valence-corrected chi connectivity index (χ0v) is 10.4. The van der Waals surface area contributed by atoms with Crippen molar-refractivity contribution in [1.82, 2.24) is 4.74 Å². The molecule has 0 saturated heterocycles. The molecule has 0 atom stereocenters. The van der Waals surface area contributed by atoms with E-state index in [9.17, 15) is 9.59 Å². The van der Waals surface area contributed by atoms with Crippen molar-refractivity contribution in [3.05, 3.63) is 45.4 Å². The van der Waals surface area contributed by atoms with Gasteiger partial charge in [-0.25, -0.2) is 14.3 Å². The van der Waals surface area contributed by atoms with Gasteiger partial charge in [-0.15, -0.1) is 0 Å². The summed E-state index contributed by atoms with van der Waals surface area (Å²) >= 11 is 0. The Morgan fingerprint density at radius 3 is 2.56 bits per heavy atom. The van der Waals surface area contributed by atoms with Crippen LogP contribution in [0.1, 0.15) is 21.6 Å². The molecule has 0 radical (unpaired) electrons. The molecule has 0 fully saturated rings. The first kappa shape index (κ1) is 12.2. The summed E-state index contributed by atoms with van der Waals surface area (Å²) in [5.41, 5.74) is 1.81. The minimum atomic E-state index is -1.18. The SMILES string of the molecule is Cc1ccc(-c2c(C(=O)O)n(C)oc2=O)c(C)c1. The smallest absolute Gasteiger partial charge is 0.366 e. The number of benzene rings is 1. The molecule has 0 aliphatic carbocycles. The van der Waals surface area contributed by atoms with Crippen LogP contribution in [0.15, 0.2) is 27.5 Å². The van der Waals surface area contributed by atoms with Gasteiger partial charge in [0.05, 0.1) is 0 Å². The van der Waals surface area contributed by atoms with Crippen LogP contribution in [0.25, 0.3) is 11.1 Å². The van der Waals surface area contributed by atoms with Gasteiger partial charge in [-0.3, -0.25) is 0 Å². The quantitative estimate of drug-likeness (QED) is 0.880. The highest BCUT2D eigenvalue weighted by Gasteiger charge is 2.23. The van der Waals surface area contributed by atoms with Crippen LogP contribution in [0.4, 0.5) is 0 Å². The van der Waals surface area contributed by atoms with E-state index < -0.39 is 11.6 Å². The summed E-state index contributed by atoms with van der Waals surface area (Å²) in [6.07, 6.45) is 0. The summed E-state index contributed by atoms with van der Waals surface area (Å²) in [6, 6.07) is 5.47. The summed E-state index contributed by atoms with van der Waals surface area (Å²) in [4.78, 5) is 22.9. The highest BCUT2D eigenvalue weighted by molar-refractivity contribution is 5.94. The molecule has 0 saturated carbocycles. The second kappa shape index (κ2) is 4.18. The Balaban J connectivity index is 2.79. The lowest BCUT2D eigenvalue weighted by Gasteiger charge is -2.05. The molecule has 0 aliphatic heterocycles. The Labute approximate surface area is 103 Å². The Hall–Kier alpha value is -2.30. The molecule has 1 aromatic carbocycles. The number of hydrogen-bond acceptors (Lipinski definition) is 3. The number of hydrogen-bond donors (Lipinski definition) is 1. The number of nitrogens with zero attached hydrogens (tertiary/aromatic N) is 1. The van der Waals surface area contributed by atoms with Crippen LogP contribution in [0.2, 0.25) is 0 Å². The number of rotatable bonds is 2. The fourth-order valence-corrected chi connectivity index (χ4v) is 2.04. The largest absolute Gasteiger partial charge is 0.476 e. The van der Waals surface area contributed by atoms with Crippen molar-refractivity contribution in [2.75, 3.05) is 0 Å². The van der Waals surface area contributed by atoms with Crippen molar-refractivity contribution in [2.24, 2.45) is 7.05 Å². The van der Waals surface area contributed by atoms with E-state index >= 15 is 0 Å². The van der Waals surface area contributed by atoms with Gasteiger partial charge >= 0.3 is 11.6 Å². The highest BCUT2D eigenvalue weighted by Crippen LogP contribution is 2.25. The summed E-state index contributed by atoms with van der Waals surface area (Å²) in [5, 5.41) is 9.15. The Bertz CT molecular complexity index is 679. The fraction of sp³-hybridized carbons (Fsp3) is 0.231. The van der Waals surface area contributed by atoms with Crippen LogP contribution in [0.3, 0.4) is 0 Å². The third kappa shape index (κ3) is 1.84. The summed E-state index contributed by atoms with van der Waals surface area (Å²) < 4.78 is 5.81. The van der Waals surface area contributed by atoms with Crippen LogP contribution in [0, 0.1) is 13.8 Å². The molecule has 2 aromatic rings. The van der Waals surface area contributed by atoms with Crippen LogP contribution in [-0.4, -0.2) is 15.8 Å². The maximum absolute atomic E-state index is 11.8. The van der Waals surface area contributed by atoms with E-state index in [2.05, 4.69) is 0 Å². The van der Waals surface area contributed by atoms with E-state index in [-0.39, 0.29) is 11.3 Å². The third-order valence-corrected chi connectivity index (χ3v) is 2.83. The zero-order valence-electron chi connectivity index (χ0n) is 10.4. The number of aromatic carboxylic acids is 1. The molecule has 0 unspecified atom stereocenters. The van der Waals surface area contributed by atoms with Crippen molar-refractivity contribution in [3.8, 4) is 11.1 Å². The Kier molecular flexibility index (Phi) is 2.82. The van der Waals surface area contributed by atoms with E-state index in [4.69, 9.17) is 9.63 Å². The van der Waals surface area contributed by atoms with Crippen molar-refractivity contribution < 1.29 is 14.4 Å². The molecule has 0 amide bonds. The molecule has 0 bridgehead atoms.